The molecule has 25 heavy (non-hydrogen) atoms. The van der Waals surface area contributed by atoms with Crippen molar-refractivity contribution in [3.63, 3.8) is 0 Å². The molecular weight excluding hydrogens is 320 g/mol. The van der Waals surface area contributed by atoms with Crippen molar-refractivity contribution in [2.24, 2.45) is 0 Å². The van der Waals surface area contributed by atoms with E-state index >= 15 is 0 Å². The number of carboxylic acid groups (broad SMARTS) is 1. The van der Waals surface area contributed by atoms with Crippen LogP contribution >= 0.6 is 0 Å². The Morgan fingerprint density at radius 1 is 1.32 bits per heavy atom. The Labute approximate surface area is 144 Å². The van der Waals surface area contributed by atoms with Gasteiger partial charge in [-0.15, -0.1) is 5.10 Å². The maximum absolute atomic E-state index is 11.2. The summed E-state index contributed by atoms with van der Waals surface area (Å²) in [7, 11) is 0. The monoisotopic (exact) mass is 338 g/mol. The highest BCUT2D eigenvalue weighted by molar-refractivity contribution is 5.83. The maximum atomic E-state index is 11.2. The van der Waals surface area contributed by atoms with Gasteiger partial charge in [0.05, 0.1) is 0 Å². The lowest BCUT2D eigenvalue weighted by Crippen LogP contribution is -2.23. The Morgan fingerprint density at radius 3 is 2.92 bits per heavy atom. The molecule has 0 bridgehead atoms. The highest BCUT2D eigenvalue weighted by Gasteiger charge is 2.28. The van der Waals surface area contributed by atoms with E-state index < -0.39 is 5.97 Å². The minimum absolute atomic E-state index is 0.238. The third kappa shape index (κ3) is 2.69. The van der Waals surface area contributed by atoms with Gasteiger partial charge in [-0.05, 0) is 37.5 Å². The molecule has 0 radical (unpaired) electrons. The number of hydrogen-bond donors (Lipinski definition) is 1. The standard InChI is InChI=1S/C17H18N6O2/c1-10-3-5-18-8-13(10)12-4-6-22(9-12)14-7-11(2)19-17-20-15(16(24)25)21-23(14)17/h3,5,7-8,12H,4,6,9H2,1-2H3,(H,24,25)/t12-/m0/s1. The van der Waals surface area contributed by atoms with Crippen LogP contribution in [0.5, 0.6) is 0 Å². The van der Waals surface area contributed by atoms with Crippen molar-refractivity contribution in [3.05, 3.63) is 47.2 Å². The van der Waals surface area contributed by atoms with Crippen LogP contribution < -0.4 is 4.90 Å². The summed E-state index contributed by atoms with van der Waals surface area (Å²) in [6.45, 7) is 5.66. The smallest absolute Gasteiger partial charge is 0.375 e. The molecule has 1 aliphatic heterocycles. The number of rotatable bonds is 3. The second-order valence-corrected chi connectivity index (χ2v) is 6.37. The highest BCUT2D eigenvalue weighted by atomic mass is 16.4. The van der Waals surface area contributed by atoms with Gasteiger partial charge in [-0.1, -0.05) is 0 Å². The van der Waals surface area contributed by atoms with Crippen molar-refractivity contribution in [2.45, 2.75) is 26.2 Å². The lowest BCUT2D eigenvalue weighted by atomic mass is 9.96. The fourth-order valence-electron chi connectivity index (χ4n) is 3.41. The van der Waals surface area contributed by atoms with Gasteiger partial charge in [-0.2, -0.15) is 9.50 Å². The van der Waals surface area contributed by atoms with Crippen LogP contribution in [0.2, 0.25) is 0 Å². The van der Waals surface area contributed by atoms with Crippen molar-refractivity contribution in [2.75, 3.05) is 18.0 Å². The third-order valence-corrected chi connectivity index (χ3v) is 4.64. The van der Waals surface area contributed by atoms with Gasteiger partial charge in [0, 0.05) is 43.2 Å². The zero-order valence-corrected chi connectivity index (χ0v) is 14.0. The van der Waals surface area contributed by atoms with E-state index in [1.807, 2.05) is 31.5 Å². The molecule has 8 heteroatoms. The molecule has 0 spiro atoms. The first-order chi connectivity index (χ1) is 12.0. The first-order valence-electron chi connectivity index (χ1n) is 8.16. The number of aromatic nitrogens is 5. The van der Waals surface area contributed by atoms with E-state index in [0.29, 0.717) is 11.7 Å². The van der Waals surface area contributed by atoms with E-state index in [-0.39, 0.29) is 5.82 Å². The molecule has 3 aromatic rings. The molecule has 1 fully saturated rings. The lowest BCUT2D eigenvalue weighted by molar-refractivity contribution is 0.0684. The molecule has 128 valence electrons. The molecule has 4 rings (SSSR count). The summed E-state index contributed by atoms with van der Waals surface area (Å²) in [5.41, 5.74) is 3.29. The van der Waals surface area contributed by atoms with Crippen molar-refractivity contribution >= 4 is 17.6 Å². The SMILES string of the molecule is Cc1cc(N2CC[C@H](c3cnccc3C)C2)n2nc(C(=O)O)nc2n1. The Morgan fingerprint density at radius 2 is 2.16 bits per heavy atom. The number of anilines is 1. The number of carbonyl (C=O) groups is 1. The summed E-state index contributed by atoms with van der Waals surface area (Å²) in [4.78, 5) is 25.9. The zero-order chi connectivity index (χ0) is 17.6. The summed E-state index contributed by atoms with van der Waals surface area (Å²) < 4.78 is 1.52. The number of nitrogens with zero attached hydrogens (tertiary/aromatic N) is 6. The van der Waals surface area contributed by atoms with Crippen molar-refractivity contribution in [3.8, 4) is 0 Å². The second kappa shape index (κ2) is 5.80. The number of aromatic carboxylic acids is 1. The Balaban J connectivity index is 1.71. The molecule has 4 heterocycles. The van der Waals surface area contributed by atoms with Crippen molar-refractivity contribution in [1.29, 1.82) is 0 Å². The molecule has 0 aromatic carbocycles. The van der Waals surface area contributed by atoms with Crippen molar-refractivity contribution < 1.29 is 9.90 Å². The van der Waals surface area contributed by atoms with Crippen LogP contribution in [0.4, 0.5) is 5.82 Å². The minimum Gasteiger partial charge on any atom is -0.475 e. The van der Waals surface area contributed by atoms with E-state index in [1.165, 1.54) is 15.6 Å². The van der Waals surface area contributed by atoms with Gasteiger partial charge in [0.2, 0.25) is 0 Å². The maximum Gasteiger partial charge on any atom is 0.375 e. The molecule has 3 aromatic heterocycles. The van der Waals surface area contributed by atoms with E-state index in [0.717, 1.165) is 31.0 Å². The normalized spacial score (nSPS) is 17.4. The fraction of sp³-hybridized carbons (Fsp3) is 0.353. The first kappa shape index (κ1) is 15.5. The average Bonchev–Trinajstić information content (AvgIpc) is 3.21. The van der Waals surface area contributed by atoms with Gasteiger partial charge in [-0.3, -0.25) is 4.98 Å². The fourth-order valence-corrected chi connectivity index (χ4v) is 3.41. The quantitative estimate of drug-likeness (QED) is 0.778. The van der Waals surface area contributed by atoms with Gasteiger partial charge < -0.3 is 10.0 Å². The summed E-state index contributed by atoms with van der Waals surface area (Å²) in [5, 5.41) is 13.2. The van der Waals surface area contributed by atoms with E-state index in [9.17, 15) is 4.79 Å². The average molecular weight is 338 g/mol. The van der Waals surface area contributed by atoms with Crippen LogP contribution in [0.25, 0.3) is 5.78 Å². The van der Waals surface area contributed by atoms with E-state index in [4.69, 9.17) is 5.11 Å². The molecule has 1 N–H and O–H groups in total. The van der Waals surface area contributed by atoms with Gasteiger partial charge in [0.1, 0.15) is 5.82 Å². The number of aryl methyl sites for hydroxylation is 2. The van der Waals surface area contributed by atoms with Crippen LogP contribution in [-0.2, 0) is 0 Å². The summed E-state index contributed by atoms with van der Waals surface area (Å²) in [5.74, 6) is 0.136. The summed E-state index contributed by atoms with van der Waals surface area (Å²) in [6.07, 6.45) is 4.76. The topological polar surface area (TPSA) is 96.5 Å². The molecule has 1 atom stereocenters. The largest absolute Gasteiger partial charge is 0.475 e. The second-order valence-electron chi connectivity index (χ2n) is 6.37. The molecule has 8 nitrogen and oxygen atoms in total. The van der Waals surface area contributed by atoms with E-state index in [2.05, 4.69) is 31.9 Å². The molecule has 0 amide bonds. The van der Waals surface area contributed by atoms with Crippen LogP contribution in [0.15, 0.2) is 24.5 Å². The minimum atomic E-state index is -1.15. The molecular formula is C17H18N6O2. The van der Waals surface area contributed by atoms with Gasteiger partial charge in [0.15, 0.2) is 0 Å². The lowest BCUT2D eigenvalue weighted by Gasteiger charge is -2.20. The van der Waals surface area contributed by atoms with Crippen LogP contribution in [0.1, 0.15) is 39.8 Å². The Hall–Kier alpha value is -3.03. The number of carboxylic acids is 1. The predicted molar refractivity (Wildman–Crippen MR) is 91.0 cm³/mol. The molecule has 0 saturated carbocycles. The first-order valence-corrected chi connectivity index (χ1v) is 8.16. The van der Waals surface area contributed by atoms with E-state index in [1.54, 1.807) is 0 Å². The molecule has 1 saturated heterocycles. The zero-order valence-electron chi connectivity index (χ0n) is 14.0. The van der Waals surface area contributed by atoms with Gasteiger partial charge in [0.25, 0.3) is 11.6 Å². The third-order valence-electron chi connectivity index (χ3n) is 4.64. The predicted octanol–water partition coefficient (Wildman–Crippen LogP) is 1.83. The summed E-state index contributed by atoms with van der Waals surface area (Å²) >= 11 is 0. The Bertz CT molecular complexity index is 967. The molecule has 1 aliphatic rings. The molecule has 0 unspecified atom stereocenters. The molecule has 0 aliphatic carbocycles. The van der Waals surface area contributed by atoms with Gasteiger partial charge in [-0.25, -0.2) is 9.78 Å². The van der Waals surface area contributed by atoms with Gasteiger partial charge >= 0.3 is 5.97 Å². The number of fused-ring (bicyclic) bond motifs is 1. The van der Waals surface area contributed by atoms with Crippen LogP contribution in [0, 0.1) is 13.8 Å². The van der Waals surface area contributed by atoms with Crippen LogP contribution in [0.3, 0.4) is 0 Å². The number of hydrogen-bond acceptors (Lipinski definition) is 6. The van der Waals surface area contributed by atoms with Crippen molar-refractivity contribution in [1.82, 2.24) is 24.6 Å². The highest BCUT2D eigenvalue weighted by Crippen LogP contribution is 2.32. The summed E-state index contributed by atoms with van der Waals surface area (Å²) in [6, 6.07) is 3.95. The van der Waals surface area contributed by atoms with Crippen LogP contribution in [-0.4, -0.2) is 48.7 Å². The Kier molecular flexibility index (Phi) is 3.60. The number of pyridine rings is 1.